The van der Waals surface area contributed by atoms with E-state index in [1.807, 2.05) is 11.6 Å². The van der Waals surface area contributed by atoms with Gasteiger partial charge in [0.1, 0.15) is 6.33 Å². The normalized spacial score (nSPS) is 8.17. The van der Waals surface area contributed by atoms with Gasteiger partial charge in [-0.2, -0.15) is 0 Å². The average molecular weight is 213 g/mol. The molecule has 1 aromatic rings. The zero-order valence-electron chi connectivity index (χ0n) is 7.15. The van der Waals surface area contributed by atoms with Crippen LogP contribution < -0.4 is 5.32 Å². The average Bonchev–Trinajstić information content (AvgIpc) is 2.36. The lowest BCUT2D eigenvalue weighted by Crippen LogP contribution is -2.01. The first-order chi connectivity index (χ1) is 4.88. The maximum atomic E-state index is 3.86. The van der Waals surface area contributed by atoms with Crippen LogP contribution in [0.25, 0.3) is 0 Å². The van der Waals surface area contributed by atoms with Crippen LogP contribution in [-0.2, 0) is 6.54 Å². The number of halogens is 2. The van der Waals surface area contributed by atoms with Gasteiger partial charge in [-0.1, -0.05) is 6.92 Å². The molecule has 0 bridgehead atoms. The highest BCUT2D eigenvalue weighted by atomic mass is 35.5. The first kappa shape index (κ1) is 14.1. The summed E-state index contributed by atoms with van der Waals surface area (Å²) in [7, 11) is 1.84. The molecule has 0 aliphatic carbocycles. The second kappa shape index (κ2) is 7.18. The summed E-state index contributed by atoms with van der Waals surface area (Å²) in [4.78, 5) is 0. The Kier molecular flexibility index (Phi) is 8.42. The molecular formula is C6H14Cl2N4. The highest BCUT2D eigenvalue weighted by molar-refractivity contribution is 5.85. The molecule has 4 nitrogen and oxygen atoms in total. The predicted octanol–water partition coefficient (Wildman–Crippen LogP) is 1.57. The van der Waals surface area contributed by atoms with E-state index in [-0.39, 0.29) is 24.8 Å². The summed E-state index contributed by atoms with van der Waals surface area (Å²) < 4.78 is 1.99. The first-order valence-electron chi connectivity index (χ1n) is 3.44. The van der Waals surface area contributed by atoms with Crippen LogP contribution in [0.3, 0.4) is 0 Å². The molecule has 0 saturated carbocycles. The highest BCUT2D eigenvalue weighted by Crippen LogP contribution is 2.00. The van der Waals surface area contributed by atoms with Gasteiger partial charge in [0.25, 0.3) is 0 Å². The highest BCUT2D eigenvalue weighted by Gasteiger charge is 1.97. The molecule has 0 atom stereocenters. The second-order valence-corrected chi connectivity index (χ2v) is 2.10. The fraction of sp³-hybridized carbons (Fsp3) is 0.667. The predicted molar refractivity (Wildman–Crippen MR) is 54.4 cm³/mol. The number of nitrogens with one attached hydrogen (secondary N) is 1. The molecule has 0 aromatic carbocycles. The molecule has 1 heterocycles. The van der Waals surface area contributed by atoms with Crippen LogP contribution in [0.2, 0.25) is 0 Å². The van der Waals surface area contributed by atoms with E-state index in [2.05, 4.69) is 22.4 Å². The van der Waals surface area contributed by atoms with Gasteiger partial charge in [0, 0.05) is 13.6 Å². The van der Waals surface area contributed by atoms with Gasteiger partial charge in [0.2, 0.25) is 5.95 Å². The molecule has 0 fully saturated rings. The van der Waals surface area contributed by atoms with Crippen molar-refractivity contribution < 1.29 is 0 Å². The van der Waals surface area contributed by atoms with Gasteiger partial charge in [-0.3, -0.25) is 0 Å². The van der Waals surface area contributed by atoms with Gasteiger partial charge in [0.15, 0.2) is 0 Å². The Hall–Kier alpha value is -0.480. The lowest BCUT2D eigenvalue weighted by molar-refractivity contribution is 0.682. The number of hydrogen-bond acceptors (Lipinski definition) is 3. The van der Waals surface area contributed by atoms with E-state index in [1.165, 1.54) is 0 Å². The number of anilines is 1. The van der Waals surface area contributed by atoms with Gasteiger partial charge in [0.05, 0.1) is 0 Å². The quantitative estimate of drug-likeness (QED) is 0.828. The van der Waals surface area contributed by atoms with Crippen molar-refractivity contribution in [3.05, 3.63) is 6.33 Å². The van der Waals surface area contributed by atoms with E-state index >= 15 is 0 Å². The zero-order chi connectivity index (χ0) is 7.40. The Bertz CT molecular complexity index is 201. The fourth-order valence-electron chi connectivity index (χ4n) is 0.853. The summed E-state index contributed by atoms with van der Waals surface area (Å²) in [6, 6.07) is 0. The Morgan fingerprint density at radius 3 is 2.67 bits per heavy atom. The maximum Gasteiger partial charge on any atom is 0.224 e. The molecule has 12 heavy (non-hydrogen) atoms. The molecule has 72 valence electrons. The van der Waals surface area contributed by atoms with E-state index in [4.69, 9.17) is 0 Å². The molecular weight excluding hydrogens is 199 g/mol. The SMILES string of the molecule is CCCn1cnnc1NC.Cl.Cl. The van der Waals surface area contributed by atoms with Gasteiger partial charge >= 0.3 is 0 Å². The number of nitrogens with zero attached hydrogens (tertiary/aromatic N) is 3. The molecule has 1 rings (SSSR count). The molecule has 0 aliphatic rings. The summed E-state index contributed by atoms with van der Waals surface area (Å²) >= 11 is 0. The third kappa shape index (κ3) is 3.28. The van der Waals surface area contributed by atoms with Crippen molar-refractivity contribution in [1.82, 2.24) is 14.8 Å². The summed E-state index contributed by atoms with van der Waals surface area (Å²) in [6.45, 7) is 3.10. The van der Waals surface area contributed by atoms with Crippen LogP contribution in [0.4, 0.5) is 5.95 Å². The summed E-state index contributed by atoms with van der Waals surface area (Å²) in [5.74, 6) is 0.835. The standard InChI is InChI=1S/C6H12N4.2ClH/c1-3-4-10-5-8-9-6(10)7-2;;/h5H,3-4H2,1-2H3,(H,7,9);2*1H. The van der Waals surface area contributed by atoms with Crippen LogP contribution in [0.5, 0.6) is 0 Å². The second-order valence-electron chi connectivity index (χ2n) is 2.10. The summed E-state index contributed by atoms with van der Waals surface area (Å²) in [6.07, 6.45) is 2.84. The van der Waals surface area contributed by atoms with Crippen molar-refractivity contribution in [3.63, 3.8) is 0 Å². The van der Waals surface area contributed by atoms with Crippen LogP contribution in [0.1, 0.15) is 13.3 Å². The molecule has 0 unspecified atom stereocenters. The Morgan fingerprint density at radius 2 is 2.17 bits per heavy atom. The number of aryl methyl sites for hydroxylation is 1. The van der Waals surface area contributed by atoms with Gasteiger partial charge in [-0.15, -0.1) is 35.0 Å². The van der Waals surface area contributed by atoms with Crippen molar-refractivity contribution in [2.75, 3.05) is 12.4 Å². The van der Waals surface area contributed by atoms with E-state index in [1.54, 1.807) is 6.33 Å². The van der Waals surface area contributed by atoms with Crippen molar-refractivity contribution in [3.8, 4) is 0 Å². The molecule has 1 N–H and O–H groups in total. The fourth-order valence-corrected chi connectivity index (χ4v) is 0.853. The lowest BCUT2D eigenvalue weighted by atomic mass is 10.5. The molecule has 0 spiro atoms. The lowest BCUT2D eigenvalue weighted by Gasteiger charge is -2.01. The van der Waals surface area contributed by atoms with Crippen LogP contribution in [0, 0.1) is 0 Å². The third-order valence-corrected chi connectivity index (χ3v) is 1.30. The number of aromatic nitrogens is 3. The molecule has 0 radical (unpaired) electrons. The molecule has 6 heteroatoms. The van der Waals surface area contributed by atoms with Crippen molar-refractivity contribution in [2.24, 2.45) is 0 Å². The Labute approximate surface area is 84.6 Å². The topological polar surface area (TPSA) is 42.7 Å². The minimum absolute atomic E-state index is 0. The van der Waals surface area contributed by atoms with Crippen molar-refractivity contribution >= 4 is 30.8 Å². The van der Waals surface area contributed by atoms with Gasteiger partial charge in [-0.25, -0.2) is 0 Å². The minimum atomic E-state index is 0. The molecule has 0 amide bonds. The maximum absolute atomic E-state index is 3.86. The number of hydrogen-bond donors (Lipinski definition) is 1. The Balaban J connectivity index is 0. The summed E-state index contributed by atoms with van der Waals surface area (Å²) in [5, 5.41) is 10.6. The van der Waals surface area contributed by atoms with Gasteiger partial charge < -0.3 is 9.88 Å². The van der Waals surface area contributed by atoms with Crippen LogP contribution >= 0.6 is 24.8 Å². The van der Waals surface area contributed by atoms with E-state index in [9.17, 15) is 0 Å². The molecule has 0 aliphatic heterocycles. The van der Waals surface area contributed by atoms with Crippen molar-refractivity contribution in [2.45, 2.75) is 19.9 Å². The van der Waals surface area contributed by atoms with Crippen LogP contribution in [-0.4, -0.2) is 21.8 Å². The largest absolute Gasteiger partial charge is 0.357 e. The Morgan fingerprint density at radius 1 is 1.50 bits per heavy atom. The van der Waals surface area contributed by atoms with Crippen molar-refractivity contribution in [1.29, 1.82) is 0 Å². The van der Waals surface area contributed by atoms with Crippen LogP contribution in [0.15, 0.2) is 6.33 Å². The summed E-state index contributed by atoms with van der Waals surface area (Å²) in [5.41, 5.74) is 0. The zero-order valence-corrected chi connectivity index (χ0v) is 8.78. The third-order valence-electron chi connectivity index (χ3n) is 1.30. The van der Waals surface area contributed by atoms with E-state index in [0.717, 1.165) is 18.9 Å². The smallest absolute Gasteiger partial charge is 0.224 e. The minimum Gasteiger partial charge on any atom is -0.357 e. The van der Waals surface area contributed by atoms with E-state index in [0.29, 0.717) is 0 Å². The molecule has 1 aromatic heterocycles. The van der Waals surface area contributed by atoms with Gasteiger partial charge in [-0.05, 0) is 6.42 Å². The first-order valence-corrected chi connectivity index (χ1v) is 3.44. The number of rotatable bonds is 3. The monoisotopic (exact) mass is 212 g/mol. The molecule has 0 saturated heterocycles. The van der Waals surface area contributed by atoms with E-state index < -0.39 is 0 Å².